The van der Waals surface area contributed by atoms with Gasteiger partial charge in [-0.15, -0.1) is 0 Å². The van der Waals surface area contributed by atoms with Crippen LogP contribution in [0, 0.1) is 12.7 Å². The molecule has 0 radical (unpaired) electrons. The summed E-state index contributed by atoms with van der Waals surface area (Å²) in [4.78, 5) is 15.6. The Morgan fingerprint density at radius 2 is 1.96 bits per heavy atom. The summed E-state index contributed by atoms with van der Waals surface area (Å²) in [7, 11) is -3.49. The van der Waals surface area contributed by atoms with Gasteiger partial charge in [-0.25, -0.2) is 12.8 Å². The van der Waals surface area contributed by atoms with Gasteiger partial charge in [-0.3, -0.25) is 20.6 Å². The van der Waals surface area contributed by atoms with Gasteiger partial charge in [0.25, 0.3) is 5.91 Å². The van der Waals surface area contributed by atoms with E-state index in [-0.39, 0.29) is 22.0 Å². The van der Waals surface area contributed by atoms with Gasteiger partial charge >= 0.3 is 0 Å². The Bertz CT molecular complexity index is 1050. The molecule has 0 spiro atoms. The lowest BCUT2D eigenvalue weighted by atomic mass is 10.0. The predicted molar refractivity (Wildman–Crippen MR) is 95.0 cm³/mol. The number of pyridine rings is 1. The van der Waals surface area contributed by atoms with Crippen molar-refractivity contribution in [3.05, 3.63) is 53.2 Å². The molecule has 1 aromatic carbocycles. The zero-order valence-corrected chi connectivity index (χ0v) is 14.7. The molecular weight excluding hydrogens is 361 g/mol. The van der Waals surface area contributed by atoms with E-state index < -0.39 is 21.6 Å². The Hall–Kier alpha value is -3.14. The van der Waals surface area contributed by atoms with Gasteiger partial charge in [-0.1, -0.05) is 0 Å². The minimum absolute atomic E-state index is 0.0215. The monoisotopic (exact) mass is 377 g/mol. The number of hydrogen-bond acceptors (Lipinski definition) is 7. The van der Waals surface area contributed by atoms with Crippen LogP contribution in [0.2, 0.25) is 0 Å². The average Bonchev–Trinajstić information content (AvgIpc) is 2.54. The molecule has 1 aliphatic rings. The molecule has 1 amide bonds. The van der Waals surface area contributed by atoms with Crippen LogP contribution in [0.3, 0.4) is 0 Å². The van der Waals surface area contributed by atoms with E-state index in [1.54, 1.807) is 6.92 Å². The van der Waals surface area contributed by atoms with E-state index in [4.69, 9.17) is 5.73 Å². The van der Waals surface area contributed by atoms with Crippen LogP contribution in [0.25, 0.3) is 5.70 Å². The van der Waals surface area contributed by atoms with Crippen molar-refractivity contribution in [3.63, 3.8) is 0 Å². The highest BCUT2D eigenvalue weighted by molar-refractivity contribution is 7.90. The number of nitrogens with two attached hydrogens (primary N) is 1. The summed E-state index contributed by atoms with van der Waals surface area (Å²) >= 11 is 0. The second kappa shape index (κ2) is 6.30. The highest BCUT2D eigenvalue weighted by atomic mass is 32.2. The number of anilines is 2. The number of aryl methyl sites for hydroxylation is 1. The largest absolute Gasteiger partial charge is 0.364 e. The molecule has 0 atom stereocenters. The van der Waals surface area contributed by atoms with E-state index in [0.29, 0.717) is 16.8 Å². The third-order valence-corrected chi connectivity index (χ3v) is 4.88. The first-order valence-electron chi connectivity index (χ1n) is 7.45. The van der Waals surface area contributed by atoms with Crippen molar-refractivity contribution in [2.45, 2.75) is 11.8 Å². The van der Waals surface area contributed by atoms with Crippen molar-refractivity contribution in [3.8, 4) is 0 Å². The Labute approximate surface area is 149 Å². The molecule has 10 heteroatoms. The first kappa shape index (κ1) is 17.7. The first-order chi connectivity index (χ1) is 12.2. The molecule has 136 valence electrons. The van der Waals surface area contributed by atoms with Crippen LogP contribution in [0.5, 0.6) is 0 Å². The van der Waals surface area contributed by atoms with Gasteiger partial charge in [-0.2, -0.15) is 0 Å². The zero-order chi connectivity index (χ0) is 19.1. The number of hydrogen-bond donors (Lipinski definition) is 4. The van der Waals surface area contributed by atoms with Gasteiger partial charge in [-0.05, 0) is 24.6 Å². The number of aromatic nitrogens is 1. The number of rotatable bonds is 4. The summed E-state index contributed by atoms with van der Waals surface area (Å²) < 4.78 is 37.4. The van der Waals surface area contributed by atoms with Gasteiger partial charge < -0.3 is 11.1 Å². The van der Waals surface area contributed by atoms with E-state index in [0.717, 1.165) is 12.5 Å². The van der Waals surface area contributed by atoms with Crippen LogP contribution in [0.15, 0.2) is 41.2 Å². The summed E-state index contributed by atoms with van der Waals surface area (Å²) in [5.74, 6) is -1.35. The molecule has 1 aromatic heterocycles. The molecule has 8 nitrogen and oxygen atoms in total. The van der Waals surface area contributed by atoms with Crippen LogP contribution < -0.4 is 21.9 Å². The van der Waals surface area contributed by atoms with Crippen LogP contribution >= 0.6 is 0 Å². The molecule has 0 fully saturated rings. The highest BCUT2D eigenvalue weighted by Gasteiger charge is 2.25. The number of halogens is 1. The molecular formula is C16H16FN5O3S. The maximum atomic E-state index is 13.4. The maximum Gasteiger partial charge on any atom is 0.268 e. The van der Waals surface area contributed by atoms with Crippen LogP contribution in [-0.2, 0) is 14.6 Å². The molecule has 0 bridgehead atoms. The van der Waals surface area contributed by atoms with Gasteiger partial charge in [0.05, 0.1) is 34.4 Å². The number of hydrazine groups is 1. The third-order valence-electron chi connectivity index (χ3n) is 3.79. The number of nitrogens with zero attached hydrogens (tertiary/aromatic N) is 1. The van der Waals surface area contributed by atoms with Crippen LogP contribution in [0.4, 0.5) is 15.8 Å². The third kappa shape index (κ3) is 3.31. The molecule has 3 rings (SSSR count). The number of carbonyl (C=O) groups is 1. The minimum atomic E-state index is -3.49. The molecule has 2 heterocycles. The summed E-state index contributed by atoms with van der Waals surface area (Å²) in [6.07, 6.45) is 3.49. The van der Waals surface area contributed by atoms with E-state index in [1.165, 1.54) is 24.4 Å². The number of fused-ring (bicyclic) bond motifs is 1. The number of carbonyl (C=O) groups excluding carboxylic acids is 1. The second-order valence-electron chi connectivity index (χ2n) is 5.82. The summed E-state index contributed by atoms with van der Waals surface area (Å²) in [5, 5.41) is 2.89. The normalized spacial score (nSPS) is 13.5. The molecule has 0 saturated heterocycles. The van der Waals surface area contributed by atoms with Crippen molar-refractivity contribution in [2.75, 3.05) is 17.0 Å². The molecule has 0 aliphatic carbocycles. The lowest BCUT2D eigenvalue weighted by Gasteiger charge is -2.27. The predicted octanol–water partition coefficient (Wildman–Crippen LogP) is 1.13. The number of amides is 1. The van der Waals surface area contributed by atoms with Crippen molar-refractivity contribution in [1.29, 1.82) is 0 Å². The summed E-state index contributed by atoms with van der Waals surface area (Å²) in [5.41, 5.74) is 13.0. The number of primary amides is 1. The second-order valence-corrected chi connectivity index (χ2v) is 7.83. The van der Waals surface area contributed by atoms with E-state index in [9.17, 15) is 17.6 Å². The van der Waals surface area contributed by atoms with Gasteiger partial charge in [0.1, 0.15) is 11.5 Å². The molecule has 5 N–H and O–H groups in total. The Kier molecular flexibility index (Phi) is 4.28. The summed E-state index contributed by atoms with van der Waals surface area (Å²) in [6, 6.07) is 4.12. The smallest absolute Gasteiger partial charge is 0.268 e. The molecule has 0 saturated carbocycles. The maximum absolute atomic E-state index is 13.4. The van der Waals surface area contributed by atoms with Crippen LogP contribution in [-0.4, -0.2) is 25.6 Å². The first-order valence-corrected chi connectivity index (χ1v) is 9.34. The van der Waals surface area contributed by atoms with Gasteiger partial charge in [0, 0.05) is 17.9 Å². The van der Waals surface area contributed by atoms with Crippen LogP contribution in [0.1, 0.15) is 11.1 Å². The van der Waals surface area contributed by atoms with E-state index in [2.05, 4.69) is 21.2 Å². The van der Waals surface area contributed by atoms with Crippen molar-refractivity contribution >= 4 is 32.8 Å². The fraction of sp³-hybridized carbons (Fsp3) is 0.125. The van der Waals surface area contributed by atoms with Crippen molar-refractivity contribution in [2.24, 2.45) is 5.73 Å². The number of sulfone groups is 1. The van der Waals surface area contributed by atoms with Crippen molar-refractivity contribution < 1.29 is 17.6 Å². The number of benzene rings is 1. The summed E-state index contributed by atoms with van der Waals surface area (Å²) in [6.45, 7) is 1.72. The van der Waals surface area contributed by atoms with E-state index >= 15 is 0 Å². The fourth-order valence-electron chi connectivity index (χ4n) is 2.59. The molecule has 1 aliphatic heterocycles. The molecule has 26 heavy (non-hydrogen) atoms. The Morgan fingerprint density at radius 3 is 2.58 bits per heavy atom. The standard InChI is InChI=1S/C16H16FN5O3S/c1-8-3-11(26(2,24)25)5-12-13(8)21-22-15(16(18)23)14(12)20-10-4-9(17)6-19-7-10/h3-7,20-22H,1-2H3,(H2,18,23). The zero-order valence-electron chi connectivity index (χ0n) is 13.9. The number of nitrogens with one attached hydrogen (secondary N) is 3. The Morgan fingerprint density at radius 1 is 1.23 bits per heavy atom. The van der Waals surface area contributed by atoms with Crippen molar-refractivity contribution in [1.82, 2.24) is 10.4 Å². The Balaban J connectivity index is 2.22. The molecule has 2 aromatic rings. The molecule has 0 unspecified atom stereocenters. The van der Waals surface area contributed by atoms with Gasteiger partial charge in [0.15, 0.2) is 9.84 Å². The fourth-order valence-corrected chi connectivity index (χ4v) is 3.32. The lowest BCUT2D eigenvalue weighted by molar-refractivity contribution is -0.114. The quantitative estimate of drug-likeness (QED) is 0.629. The minimum Gasteiger partial charge on any atom is -0.364 e. The SMILES string of the molecule is Cc1cc(S(C)(=O)=O)cc2c1NNC(C(N)=O)=C2Nc1cncc(F)c1. The average molecular weight is 377 g/mol. The topological polar surface area (TPSA) is 126 Å². The highest BCUT2D eigenvalue weighted by Crippen LogP contribution is 2.34. The van der Waals surface area contributed by atoms with E-state index in [1.807, 2.05) is 0 Å². The van der Waals surface area contributed by atoms with Gasteiger partial charge in [0.2, 0.25) is 0 Å². The lowest BCUT2D eigenvalue weighted by Crippen LogP contribution is -2.36.